The van der Waals surface area contributed by atoms with Crippen molar-refractivity contribution in [2.24, 2.45) is 0 Å². The highest BCUT2D eigenvalue weighted by atomic mass is 32.2. The second kappa shape index (κ2) is 4.60. The lowest BCUT2D eigenvalue weighted by Crippen LogP contribution is -2.30. The predicted molar refractivity (Wildman–Crippen MR) is 56.6 cm³/mol. The topological polar surface area (TPSA) is 70.0 Å². The molecule has 0 unspecified atom stereocenters. The Morgan fingerprint density at radius 1 is 1.44 bits per heavy atom. The van der Waals surface area contributed by atoms with Crippen molar-refractivity contribution in [3.8, 4) is 6.07 Å². The molecule has 0 spiro atoms. The van der Waals surface area contributed by atoms with Gasteiger partial charge < -0.3 is 0 Å². The summed E-state index contributed by atoms with van der Waals surface area (Å²) in [6.07, 6.45) is 0. The van der Waals surface area contributed by atoms with Crippen LogP contribution in [0.2, 0.25) is 0 Å². The van der Waals surface area contributed by atoms with Crippen LogP contribution in [0.25, 0.3) is 0 Å². The molecule has 6 heteroatoms. The van der Waals surface area contributed by atoms with Crippen molar-refractivity contribution in [3.63, 3.8) is 0 Å². The van der Waals surface area contributed by atoms with E-state index in [1.54, 1.807) is 19.9 Å². The minimum Gasteiger partial charge on any atom is -0.209 e. The van der Waals surface area contributed by atoms with Crippen molar-refractivity contribution < 1.29 is 12.8 Å². The van der Waals surface area contributed by atoms with Crippen molar-refractivity contribution in [3.05, 3.63) is 29.6 Å². The van der Waals surface area contributed by atoms with Crippen molar-refractivity contribution in [1.29, 1.82) is 5.26 Å². The Hall–Kier alpha value is -1.45. The van der Waals surface area contributed by atoms with Crippen LogP contribution in [0.15, 0.2) is 23.1 Å². The van der Waals surface area contributed by atoms with Gasteiger partial charge in [0.25, 0.3) is 0 Å². The summed E-state index contributed by atoms with van der Waals surface area (Å²) in [7, 11) is -3.68. The molecule has 0 atom stereocenters. The van der Waals surface area contributed by atoms with Crippen LogP contribution in [-0.4, -0.2) is 14.5 Å². The summed E-state index contributed by atoms with van der Waals surface area (Å²) in [5, 5.41) is 8.59. The zero-order valence-corrected chi connectivity index (χ0v) is 9.68. The molecule has 86 valence electrons. The van der Waals surface area contributed by atoms with E-state index in [2.05, 4.69) is 4.72 Å². The van der Waals surface area contributed by atoms with Crippen LogP contribution in [-0.2, 0) is 10.0 Å². The number of hydrogen-bond acceptors (Lipinski definition) is 3. The van der Waals surface area contributed by atoms with Crippen molar-refractivity contribution in [1.82, 2.24) is 4.72 Å². The van der Waals surface area contributed by atoms with Gasteiger partial charge in [-0.3, -0.25) is 0 Å². The van der Waals surface area contributed by atoms with E-state index in [-0.39, 0.29) is 16.5 Å². The second-order valence-electron chi connectivity index (χ2n) is 3.53. The highest BCUT2D eigenvalue weighted by Gasteiger charge is 2.16. The Morgan fingerprint density at radius 2 is 2.06 bits per heavy atom. The van der Waals surface area contributed by atoms with Crippen molar-refractivity contribution in [2.45, 2.75) is 24.8 Å². The number of hydrogen-bond donors (Lipinski definition) is 1. The van der Waals surface area contributed by atoms with Crippen LogP contribution < -0.4 is 4.72 Å². The van der Waals surface area contributed by atoms with Crippen LogP contribution >= 0.6 is 0 Å². The van der Waals surface area contributed by atoms with Gasteiger partial charge in [-0.15, -0.1) is 0 Å². The number of sulfonamides is 1. The monoisotopic (exact) mass is 242 g/mol. The average Bonchev–Trinajstić information content (AvgIpc) is 2.16. The lowest BCUT2D eigenvalue weighted by atomic mass is 10.2. The molecule has 0 saturated heterocycles. The van der Waals surface area contributed by atoms with Gasteiger partial charge in [0.05, 0.1) is 10.5 Å². The van der Waals surface area contributed by atoms with Gasteiger partial charge in [0, 0.05) is 6.04 Å². The summed E-state index contributed by atoms with van der Waals surface area (Å²) in [6, 6.07) is 4.44. The number of nitrogens with zero attached hydrogens (tertiary/aromatic N) is 1. The summed E-state index contributed by atoms with van der Waals surface area (Å²) in [5.41, 5.74) is -0.286. The smallest absolute Gasteiger partial charge is 0.209 e. The molecular weight excluding hydrogens is 231 g/mol. The fraction of sp³-hybridized carbons (Fsp3) is 0.300. The van der Waals surface area contributed by atoms with Gasteiger partial charge in [0.2, 0.25) is 10.0 Å². The third-order valence-electron chi connectivity index (χ3n) is 1.76. The van der Waals surface area contributed by atoms with Gasteiger partial charge >= 0.3 is 0 Å². The maximum absolute atomic E-state index is 13.0. The molecular formula is C10H11FN2O2S. The number of nitriles is 1. The number of nitrogens with one attached hydrogen (secondary N) is 1. The van der Waals surface area contributed by atoms with Crippen LogP contribution in [0.4, 0.5) is 4.39 Å². The van der Waals surface area contributed by atoms with E-state index >= 15 is 0 Å². The molecule has 1 aromatic carbocycles. The molecule has 4 nitrogen and oxygen atoms in total. The maximum atomic E-state index is 13.0. The highest BCUT2D eigenvalue weighted by molar-refractivity contribution is 7.89. The SMILES string of the molecule is CC(C)NS(=O)(=O)c1ccc(F)c(C#N)c1. The third-order valence-corrected chi connectivity index (χ3v) is 3.42. The van der Waals surface area contributed by atoms with E-state index in [4.69, 9.17) is 5.26 Å². The maximum Gasteiger partial charge on any atom is 0.240 e. The first-order valence-corrected chi connectivity index (χ1v) is 6.07. The van der Waals surface area contributed by atoms with Gasteiger partial charge in [-0.1, -0.05) is 0 Å². The molecule has 1 N–H and O–H groups in total. The first-order chi connectivity index (χ1) is 7.36. The van der Waals surface area contributed by atoms with Crippen LogP contribution in [0.3, 0.4) is 0 Å². The lowest BCUT2D eigenvalue weighted by molar-refractivity contribution is 0.569. The van der Waals surface area contributed by atoms with Gasteiger partial charge in [-0.2, -0.15) is 5.26 Å². The Labute approximate surface area is 93.8 Å². The molecule has 0 bridgehead atoms. The highest BCUT2D eigenvalue weighted by Crippen LogP contribution is 2.14. The van der Waals surface area contributed by atoms with Gasteiger partial charge in [-0.25, -0.2) is 17.5 Å². The fourth-order valence-corrected chi connectivity index (χ4v) is 2.41. The Balaban J connectivity index is 3.21. The zero-order valence-electron chi connectivity index (χ0n) is 8.86. The number of rotatable bonds is 3. The molecule has 0 saturated carbocycles. The number of halogens is 1. The first-order valence-electron chi connectivity index (χ1n) is 4.59. The largest absolute Gasteiger partial charge is 0.240 e. The second-order valence-corrected chi connectivity index (χ2v) is 5.24. The third kappa shape index (κ3) is 2.78. The predicted octanol–water partition coefficient (Wildman–Crippen LogP) is 1.38. The number of benzene rings is 1. The molecule has 0 aliphatic rings. The van der Waals surface area contributed by atoms with Gasteiger partial charge in [0.15, 0.2) is 0 Å². The van der Waals surface area contributed by atoms with Gasteiger partial charge in [-0.05, 0) is 32.0 Å². The molecule has 0 aliphatic carbocycles. The minimum atomic E-state index is -3.68. The van der Waals surface area contributed by atoms with Gasteiger partial charge in [0.1, 0.15) is 11.9 Å². The Morgan fingerprint density at radius 3 is 2.56 bits per heavy atom. The van der Waals surface area contributed by atoms with E-state index in [1.807, 2.05) is 0 Å². The Bertz CT molecular complexity index is 532. The Kier molecular flexibility index (Phi) is 3.62. The normalized spacial score (nSPS) is 11.4. The van der Waals surface area contributed by atoms with E-state index in [0.29, 0.717) is 0 Å². The zero-order chi connectivity index (χ0) is 12.3. The summed E-state index contributed by atoms with van der Waals surface area (Å²) in [5.74, 6) is -0.731. The van der Waals surface area contributed by atoms with E-state index in [1.165, 1.54) is 0 Å². The lowest BCUT2D eigenvalue weighted by Gasteiger charge is -2.09. The first kappa shape index (κ1) is 12.6. The van der Waals surface area contributed by atoms with E-state index < -0.39 is 15.8 Å². The summed E-state index contributed by atoms with van der Waals surface area (Å²) in [6.45, 7) is 3.35. The van der Waals surface area contributed by atoms with Crippen LogP contribution in [0, 0.1) is 17.1 Å². The molecule has 16 heavy (non-hydrogen) atoms. The molecule has 1 aromatic rings. The van der Waals surface area contributed by atoms with Crippen molar-refractivity contribution in [2.75, 3.05) is 0 Å². The summed E-state index contributed by atoms with van der Waals surface area (Å²) < 4.78 is 38.7. The molecule has 0 aromatic heterocycles. The average molecular weight is 242 g/mol. The van der Waals surface area contributed by atoms with E-state index in [9.17, 15) is 12.8 Å². The fourth-order valence-electron chi connectivity index (χ4n) is 1.14. The van der Waals surface area contributed by atoms with Crippen LogP contribution in [0.1, 0.15) is 19.4 Å². The molecule has 0 fully saturated rings. The summed E-state index contributed by atoms with van der Waals surface area (Å²) >= 11 is 0. The molecule has 0 radical (unpaired) electrons. The molecule has 1 rings (SSSR count). The molecule has 0 aliphatic heterocycles. The van der Waals surface area contributed by atoms with Crippen LogP contribution in [0.5, 0.6) is 0 Å². The molecule has 0 amide bonds. The standard InChI is InChI=1S/C10H11FN2O2S/c1-7(2)13-16(14,15)9-3-4-10(11)8(5-9)6-12/h3-5,7,13H,1-2H3. The molecule has 0 heterocycles. The van der Waals surface area contributed by atoms with Crippen molar-refractivity contribution >= 4 is 10.0 Å². The minimum absolute atomic E-state index is 0.112. The van der Waals surface area contributed by atoms with E-state index in [0.717, 1.165) is 18.2 Å². The summed E-state index contributed by atoms with van der Waals surface area (Å²) in [4.78, 5) is -0.112. The quantitative estimate of drug-likeness (QED) is 0.870.